The van der Waals surface area contributed by atoms with Gasteiger partial charge in [0.1, 0.15) is 23.7 Å². The van der Waals surface area contributed by atoms with Gasteiger partial charge in [-0.25, -0.2) is 0 Å². The van der Waals surface area contributed by atoms with Gasteiger partial charge in [-0.05, 0) is 43.0 Å². The number of benzene rings is 2. The lowest BCUT2D eigenvalue weighted by molar-refractivity contribution is 0.104. The van der Waals surface area contributed by atoms with Crippen LogP contribution in [0, 0.1) is 12.8 Å². The Balaban J connectivity index is 1.15. The predicted octanol–water partition coefficient (Wildman–Crippen LogP) is 4.43. The second kappa shape index (κ2) is 8.86. The third kappa shape index (κ3) is 4.08. The van der Waals surface area contributed by atoms with Gasteiger partial charge in [-0.2, -0.15) is 0 Å². The first-order valence-corrected chi connectivity index (χ1v) is 12.2. The zero-order valence-electron chi connectivity index (χ0n) is 19.8. The van der Waals surface area contributed by atoms with Gasteiger partial charge < -0.3 is 13.7 Å². The van der Waals surface area contributed by atoms with E-state index in [9.17, 15) is 9.59 Å². The summed E-state index contributed by atoms with van der Waals surface area (Å²) in [6.45, 7) is 5.93. The number of hydrogen-bond donors (Lipinski definition) is 0. The van der Waals surface area contributed by atoms with Crippen LogP contribution in [0.5, 0.6) is 5.75 Å². The van der Waals surface area contributed by atoms with Crippen LogP contribution in [0.1, 0.15) is 23.8 Å². The van der Waals surface area contributed by atoms with Gasteiger partial charge in [0.15, 0.2) is 0 Å². The second-order valence-corrected chi connectivity index (χ2v) is 9.69. The van der Waals surface area contributed by atoms with Crippen LogP contribution in [0.3, 0.4) is 0 Å². The number of rotatable bonds is 5. The lowest BCUT2D eigenvalue weighted by Gasteiger charge is -2.42. The monoisotopic (exact) mass is 468 g/mol. The molecule has 1 fully saturated rings. The Morgan fingerprint density at radius 1 is 0.971 bits per heavy atom. The zero-order chi connectivity index (χ0) is 23.9. The molecule has 1 saturated heterocycles. The highest BCUT2D eigenvalue weighted by molar-refractivity contribution is 5.83. The summed E-state index contributed by atoms with van der Waals surface area (Å²) in [5.41, 5.74) is 3.25. The fourth-order valence-corrected chi connectivity index (χ4v) is 5.78. The van der Waals surface area contributed by atoms with Crippen molar-refractivity contribution in [2.24, 2.45) is 5.92 Å². The molecular formula is C29H28N2O4. The van der Waals surface area contributed by atoms with Gasteiger partial charge in [-0.1, -0.05) is 36.4 Å². The molecule has 178 valence electrons. The van der Waals surface area contributed by atoms with Gasteiger partial charge in [0.25, 0.3) is 5.56 Å². The third-order valence-corrected chi connectivity index (χ3v) is 7.33. The van der Waals surface area contributed by atoms with Gasteiger partial charge in [-0.15, -0.1) is 0 Å². The number of pyridine rings is 1. The number of hydrogen-bond acceptors (Lipinski definition) is 5. The SMILES string of the molecule is Cc1oc2cc(OCCN3CC4CC(C3)c3cccc(=O)n3C4)ccc2c(=O)c1-c1ccccc1. The number of likely N-dealkylation sites (tertiary alicyclic amines) is 1. The number of nitrogens with zero attached hydrogens (tertiary/aromatic N) is 2. The summed E-state index contributed by atoms with van der Waals surface area (Å²) in [7, 11) is 0. The first-order chi connectivity index (χ1) is 17.1. The zero-order valence-corrected chi connectivity index (χ0v) is 19.8. The van der Waals surface area contributed by atoms with Crippen LogP contribution >= 0.6 is 0 Å². The summed E-state index contributed by atoms with van der Waals surface area (Å²) in [4.78, 5) is 27.8. The molecular weight excluding hydrogens is 440 g/mol. The first-order valence-electron chi connectivity index (χ1n) is 12.2. The lowest BCUT2D eigenvalue weighted by Crippen LogP contribution is -2.48. The molecule has 0 radical (unpaired) electrons. The van der Waals surface area contributed by atoms with Crippen molar-refractivity contribution in [1.29, 1.82) is 0 Å². The topological polar surface area (TPSA) is 64.7 Å². The molecule has 0 amide bonds. The fraction of sp³-hybridized carbons (Fsp3) is 0.310. The highest BCUT2D eigenvalue weighted by Gasteiger charge is 2.34. The quantitative estimate of drug-likeness (QED) is 0.434. The van der Waals surface area contributed by atoms with Crippen molar-refractivity contribution >= 4 is 11.0 Å². The van der Waals surface area contributed by atoms with Crippen molar-refractivity contribution in [1.82, 2.24) is 9.47 Å². The van der Waals surface area contributed by atoms with Crippen molar-refractivity contribution in [3.63, 3.8) is 0 Å². The smallest absolute Gasteiger partial charge is 0.250 e. The van der Waals surface area contributed by atoms with E-state index < -0.39 is 0 Å². The van der Waals surface area contributed by atoms with Crippen LogP contribution in [0.15, 0.2) is 80.7 Å². The Morgan fingerprint density at radius 2 is 1.83 bits per heavy atom. The number of piperidine rings is 1. The summed E-state index contributed by atoms with van der Waals surface area (Å²) in [5, 5.41) is 0.555. The molecule has 2 aromatic heterocycles. The maximum atomic E-state index is 13.2. The molecule has 2 unspecified atom stereocenters. The average molecular weight is 469 g/mol. The highest BCUT2D eigenvalue weighted by Crippen LogP contribution is 2.34. The normalized spacial score (nSPS) is 19.5. The predicted molar refractivity (Wildman–Crippen MR) is 136 cm³/mol. The number of fused-ring (bicyclic) bond motifs is 5. The summed E-state index contributed by atoms with van der Waals surface area (Å²) < 4.78 is 14.1. The molecule has 2 atom stereocenters. The van der Waals surface area contributed by atoms with Crippen molar-refractivity contribution in [3.8, 4) is 16.9 Å². The highest BCUT2D eigenvalue weighted by atomic mass is 16.5. The molecule has 2 aliphatic heterocycles. The van der Waals surface area contributed by atoms with Crippen LogP contribution in [-0.4, -0.2) is 35.7 Å². The van der Waals surface area contributed by atoms with Crippen LogP contribution in [-0.2, 0) is 6.54 Å². The Morgan fingerprint density at radius 3 is 2.69 bits per heavy atom. The van der Waals surface area contributed by atoms with E-state index in [0.29, 0.717) is 46.5 Å². The molecule has 2 bridgehead atoms. The minimum Gasteiger partial charge on any atom is -0.492 e. The summed E-state index contributed by atoms with van der Waals surface area (Å²) in [6.07, 6.45) is 1.15. The van der Waals surface area contributed by atoms with E-state index >= 15 is 0 Å². The van der Waals surface area contributed by atoms with Crippen molar-refractivity contribution in [2.45, 2.75) is 25.8 Å². The van der Waals surface area contributed by atoms with E-state index in [-0.39, 0.29) is 11.0 Å². The Hall–Kier alpha value is -3.64. The van der Waals surface area contributed by atoms with Crippen LogP contribution in [0.4, 0.5) is 0 Å². The van der Waals surface area contributed by atoms with Gasteiger partial charge in [-0.3, -0.25) is 14.5 Å². The minimum atomic E-state index is -0.0271. The second-order valence-electron chi connectivity index (χ2n) is 9.69. The van der Waals surface area contributed by atoms with E-state index in [1.807, 2.05) is 60.0 Å². The molecule has 0 N–H and O–H groups in total. The molecule has 35 heavy (non-hydrogen) atoms. The largest absolute Gasteiger partial charge is 0.492 e. The number of aryl methyl sites for hydroxylation is 1. The molecule has 6 nitrogen and oxygen atoms in total. The minimum absolute atomic E-state index is 0.0271. The molecule has 0 saturated carbocycles. The van der Waals surface area contributed by atoms with E-state index in [2.05, 4.69) is 11.0 Å². The van der Waals surface area contributed by atoms with Crippen LogP contribution in [0.2, 0.25) is 0 Å². The molecule has 2 aromatic carbocycles. The standard InChI is InChI=1S/C29H28N2O4/c1-19-28(21-6-3-2-4-7-21)29(33)24-11-10-23(15-26(24)35-19)34-13-12-30-16-20-14-22(18-30)25-8-5-9-27(32)31(25)17-20/h2-11,15,20,22H,12-14,16-18H2,1H3. The summed E-state index contributed by atoms with van der Waals surface area (Å²) in [5.74, 6) is 2.19. The molecule has 0 aliphatic carbocycles. The van der Waals surface area contributed by atoms with Crippen molar-refractivity contribution in [3.05, 3.63) is 98.8 Å². The Bertz CT molecular complexity index is 1510. The van der Waals surface area contributed by atoms with E-state index in [0.717, 1.165) is 43.9 Å². The molecule has 6 rings (SSSR count). The maximum absolute atomic E-state index is 13.2. The number of aromatic nitrogens is 1. The van der Waals surface area contributed by atoms with Crippen LogP contribution < -0.4 is 15.7 Å². The van der Waals surface area contributed by atoms with Gasteiger partial charge in [0.05, 0.1) is 10.9 Å². The Kier molecular flexibility index (Phi) is 5.53. The third-order valence-electron chi connectivity index (χ3n) is 7.33. The van der Waals surface area contributed by atoms with E-state index in [1.54, 1.807) is 12.1 Å². The number of ether oxygens (including phenoxy) is 1. The Labute approximate surface area is 203 Å². The van der Waals surface area contributed by atoms with Gasteiger partial charge >= 0.3 is 0 Å². The van der Waals surface area contributed by atoms with E-state index in [4.69, 9.17) is 9.15 Å². The van der Waals surface area contributed by atoms with Crippen LogP contribution in [0.25, 0.3) is 22.1 Å². The molecule has 4 heterocycles. The lowest BCUT2D eigenvalue weighted by atomic mass is 9.83. The van der Waals surface area contributed by atoms with E-state index in [1.165, 1.54) is 0 Å². The summed E-state index contributed by atoms with van der Waals surface area (Å²) >= 11 is 0. The van der Waals surface area contributed by atoms with Gasteiger partial charge in [0, 0.05) is 49.9 Å². The maximum Gasteiger partial charge on any atom is 0.250 e. The molecule has 2 aliphatic rings. The summed E-state index contributed by atoms with van der Waals surface area (Å²) in [6, 6.07) is 20.7. The van der Waals surface area contributed by atoms with Crippen molar-refractivity contribution in [2.75, 3.05) is 26.2 Å². The average Bonchev–Trinajstić information content (AvgIpc) is 2.85. The van der Waals surface area contributed by atoms with Crippen molar-refractivity contribution < 1.29 is 9.15 Å². The molecule has 6 heteroatoms. The molecule has 0 spiro atoms. The molecule has 4 aromatic rings. The fourth-order valence-electron chi connectivity index (χ4n) is 5.78. The first kappa shape index (κ1) is 21.9. The van der Waals surface area contributed by atoms with Gasteiger partial charge in [0.2, 0.25) is 5.43 Å².